The number of hydrogen-bond acceptors (Lipinski definition) is 3. The molecule has 2 aromatic carbocycles. The summed E-state index contributed by atoms with van der Waals surface area (Å²) in [4.78, 5) is 25.4. The zero-order valence-corrected chi connectivity index (χ0v) is 14.8. The Morgan fingerprint density at radius 2 is 1.88 bits per heavy atom. The number of carbonyl (C=O) groups is 2. The number of aryl methyl sites for hydroxylation is 2. The van der Waals surface area contributed by atoms with Crippen LogP contribution in [0.4, 0.5) is 5.69 Å². The first-order valence-corrected chi connectivity index (χ1v) is 8.66. The van der Waals surface area contributed by atoms with Gasteiger partial charge in [-0.3, -0.25) is 9.59 Å². The van der Waals surface area contributed by atoms with Crippen molar-refractivity contribution in [3.05, 3.63) is 64.7 Å². The lowest BCUT2D eigenvalue weighted by atomic mass is 10.0. The minimum atomic E-state index is -0.375. The summed E-state index contributed by atoms with van der Waals surface area (Å²) >= 11 is 6.01. The van der Waals surface area contributed by atoms with E-state index in [2.05, 4.69) is 6.07 Å². The van der Waals surface area contributed by atoms with Crippen molar-refractivity contribution in [2.24, 2.45) is 5.92 Å². The Labute approximate surface area is 152 Å². The average Bonchev–Trinajstić information content (AvgIpc) is 3.01. The van der Waals surface area contributed by atoms with Crippen LogP contribution in [-0.4, -0.2) is 25.5 Å². The number of esters is 1. The van der Waals surface area contributed by atoms with Crippen LogP contribution in [0.15, 0.2) is 48.5 Å². The van der Waals surface area contributed by atoms with Crippen molar-refractivity contribution in [3.8, 4) is 0 Å². The number of methoxy groups -OCH3 is 1. The minimum Gasteiger partial charge on any atom is -0.469 e. The molecule has 0 saturated carbocycles. The molecule has 1 aliphatic heterocycles. The van der Waals surface area contributed by atoms with Gasteiger partial charge in [-0.25, -0.2) is 0 Å². The Hall–Kier alpha value is -2.33. The maximum Gasteiger partial charge on any atom is 0.311 e. The summed E-state index contributed by atoms with van der Waals surface area (Å²) in [5, 5.41) is 0.751. The highest BCUT2D eigenvalue weighted by Gasteiger charge is 2.35. The van der Waals surface area contributed by atoms with Crippen LogP contribution in [0, 0.1) is 5.92 Å². The molecule has 2 aromatic rings. The van der Waals surface area contributed by atoms with E-state index >= 15 is 0 Å². The van der Waals surface area contributed by atoms with Gasteiger partial charge in [-0.1, -0.05) is 35.9 Å². The average molecular weight is 358 g/mol. The van der Waals surface area contributed by atoms with E-state index in [0.717, 1.165) is 23.6 Å². The summed E-state index contributed by atoms with van der Waals surface area (Å²) in [6.45, 7) is 0.382. The molecule has 0 N–H and O–H groups in total. The summed E-state index contributed by atoms with van der Waals surface area (Å²) in [7, 11) is 1.35. The number of nitrogens with zero attached hydrogens (tertiary/aromatic N) is 1. The molecule has 0 spiro atoms. The second-order valence-electron chi connectivity index (χ2n) is 6.22. The van der Waals surface area contributed by atoms with E-state index in [1.807, 2.05) is 42.5 Å². The molecule has 1 unspecified atom stereocenters. The van der Waals surface area contributed by atoms with Crippen LogP contribution in [0.1, 0.15) is 17.5 Å². The molecule has 1 aliphatic rings. The highest BCUT2D eigenvalue weighted by Crippen LogP contribution is 2.26. The first-order valence-electron chi connectivity index (χ1n) is 8.28. The zero-order chi connectivity index (χ0) is 17.8. The maximum absolute atomic E-state index is 12.1. The SMILES string of the molecule is COC(=O)C1CC(=O)N(c2ccc(CCc3cccc(Cl)c3)cc2)C1. The highest BCUT2D eigenvalue weighted by atomic mass is 35.5. The van der Waals surface area contributed by atoms with Gasteiger partial charge < -0.3 is 9.64 Å². The van der Waals surface area contributed by atoms with Gasteiger partial charge in [0.1, 0.15) is 0 Å². The lowest BCUT2D eigenvalue weighted by Crippen LogP contribution is -2.26. The third kappa shape index (κ3) is 4.20. The molecule has 0 aromatic heterocycles. The van der Waals surface area contributed by atoms with Crippen LogP contribution < -0.4 is 4.90 Å². The number of benzene rings is 2. The molecule has 1 saturated heterocycles. The largest absolute Gasteiger partial charge is 0.469 e. The van der Waals surface area contributed by atoms with Crippen molar-refractivity contribution < 1.29 is 14.3 Å². The molecular formula is C20H20ClNO3. The fraction of sp³-hybridized carbons (Fsp3) is 0.300. The molecule has 1 atom stereocenters. The Bertz CT molecular complexity index is 773. The lowest BCUT2D eigenvalue weighted by Gasteiger charge is -2.16. The van der Waals surface area contributed by atoms with Crippen LogP contribution >= 0.6 is 11.6 Å². The van der Waals surface area contributed by atoms with E-state index in [-0.39, 0.29) is 24.2 Å². The van der Waals surface area contributed by atoms with Crippen molar-refractivity contribution in [2.75, 3.05) is 18.6 Å². The third-order valence-electron chi connectivity index (χ3n) is 4.50. The Kier molecular flexibility index (Phi) is 5.39. The van der Waals surface area contributed by atoms with E-state index < -0.39 is 0 Å². The van der Waals surface area contributed by atoms with E-state index in [1.165, 1.54) is 18.2 Å². The first-order chi connectivity index (χ1) is 12.1. The topological polar surface area (TPSA) is 46.6 Å². The van der Waals surface area contributed by atoms with Crippen molar-refractivity contribution >= 4 is 29.2 Å². The van der Waals surface area contributed by atoms with Gasteiger partial charge in [-0.2, -0.15) is 0 Å². The highest BCUT2D eigenvalue weighted by molar-refractivity contribution is 6.30. The predicted molar refractivity (Wildman–Crippen MR) is 97.8 cm³/mol. The van der Waals surface area contributed by atoms with E-state index in [9.17, 15) is 9.59 Å². The predicted octanol–water partition coefficient (Wildman–Crippen LogP) is 3.65. The lowest BCUT2D eigenvalue weighted by molar-refractivity contribution is -0.145. The molecule has 0 bridgehead atoms. The van der Waals surface area contributed by atoms with Crippen LogP contribution in [0.2, 0.25) is 5.02 Å². The van der Waals surface area contributed by atoms with Gasteiger partial charge in [0, 0.05) is 23.7 Å². The van der Waals surface area contributed by atoms with Gasteiger partial charge in [0.2, 0.25) is 5.91 Å². The first kappa shape index (κ1) is 17.5. The molecule has 1 heterocycles. The smallest absolute Gasteiger partial charge is 0.311 e. The quantitative estimate of drug-likeness (QED) is 0.767. The van der Waals surface area contributed by atoms with Crippen LogP contribution in [-0.2, 0) is 27.2 Å². The summed E-state index contributed by atoms with van der Waals surface area (Å²) in [6.07, 6.45) is 2.02. The van der Waals surface area contributed by atoms with Crippen LogP contribution in [0.25, 0.3) is 0 Å². The fourth-order valence-electron chi connectivity index (χ4n) is 3.11. The fourth-order valence-corrected chi connectivity index (χ4v) is 3.32. The van der Waals surface area contributed by atoms with Crippen molar-refractivity contribution in [2.45, 2.75) is 19.3 Å². The van der Waals surface area contributed by atoms with Crippen molar-refractivity contribution in [1.82, 2.24) is 0 Å². The number of ether oxygens (including phenoxy) is 1. The van der Waals surface area contributed by atoms with Gasteiger partial charge in [-0.05, 0) is 48.2 Å². The monoisotopic (exact) mass is 357 g/mol. The van der Waals surface area contributed by atoms with Crippen molar-refractivity contribution in [1.29, 1.82) is 0 Å². The summed E-state index contributed by atoms with van der Waals surface area (Å²) < 4.78 is 4.74. The molecule has 4 nitrogen and oxygen atoms in total. The molecule has 5 heteroatoms. The Balaban J connectivity index is 1.62. The second kappa shape index (κ2) is 7.70. The normalized spacial score (nSPS) is 17.0. The molecule has 1 amide bonds. The van der Waals surface area contributed by atoms with Gasteiger partial charge in [0.25, 0.3) is 0 Å². The summed E-state index contributed by atoms with van der Waals surface area (Å²) in [5.74, 6) is -0.740. The zero-order valence-electron chi connectivity index (χ0n) is 14.1. The molecule has 130 valence electrons. The number of halogens is 1. The van der Waals surface area contributed by atoms with Gasteiger partial charge in [0.15, 0.2) is 0 Å². The third-order valence-corrected chi connectivity index (χ3v) is 4.73. The Morgan fingerprint density at radius 1 is 1.16 bits per heavy atom. The second-order valence-corrected chi connectivity index (χ2v) is 6.66. The van der Waals surface area contributed by atoms with Crippen LogP contribution in [0.5, 0.6) is 0 Å². The molecule has 25 heavy (non-hydrogen) atoms. The number of hydrogen-bond donors (Lipinski definition) is 0. The van der Waals surface area contributed by atoms with Crippen molar-refractivity contribution in [3.63, 3.8) is 0 Å². The standard InChI is InChI=1S/C20H20ClNO3/c1-25-20(24)16-12-19(23)22(13-16)18-9-7-14(8-10-18)5-6-15-3-2-4-17(21)11-15/h2-4,7-11,16H,5-6,12-13H2,1H3. The van der Waals surface area contributed by atoms with Gasteiger partial charge in [0.05, 0.1) is 13.0 Å². The molecule has 0 aliphatic carbocycles. The number of anilines is 1. The molecule has 0 radical (unpaired) electrons. The summed E-state index contributed by atoms with van der Waals surface area (Å²) in [5.41, 5.74) is 3.22. The molecule has 1 fully saturated rings. The maximum atomic E-state index is 12.1. The van der Waals surface area contributed by atoms with E-state index in [1.54, 1.807) is 4.90 Å². The van der Waals surface area contributed by atoms with E-state index in [4.69, 9.17) is 16.3 Å². The van der Waals surface area contributed by atoms with E-state index in [0.29, 0.717) is 6.54 Å². The summed E-state index contributed by atoms with van der Waals surface area (Å²) in [6, 6.07) is 15.8. The van der Waals surface area contributed by atoms with Crippen LogP contribution in [0.3, 0.4) is 0 Å². The molecule has 3 rings (SSSR count). The Morgan fingerprint density at radius 3 is 2.56 bits per heavy atom. The number of rotatable bonds is 5. The van der Waals surface area contributed by atoms with Gasteiger partial charge >= 0.3 is 5.97 Å². The minimum absolute atomic E-state index is 0.0397. The number of amides is 1. The van der Waals surface area contributed by atoms with Gasteiger partial charge in [-0.15, -0.1) is 0 Å². The molecular weight excluding hydrogens is 338 g/mol. The number of carbonyl (C=O) groups excluding carboxylic acids is 2.